The first-order chi connectivity index (χ1) is 7.94. The van der Waals surface area contributed by atoms with Crippen molar-refractivity contribution in [3.63, 3.8) is 0 Å². The number of halogens is 1. The van der Waals surface area contributed by atoms with Gasteiger partial charge in [-0.25, -0.2) is 4.79 Å². The number of aliphatic carboxylic acids is 1. The van der Waals surface area contributed by atoms with Crippen LogP contribution in [0, 0.1) is 16.2 Å². The summed E-state index contributed by atoms with van der Waals surface area (Å²) in [6.45, 7) is 18.0. The highest BCUT2D eigenvalue weighted by Gasteiger charge is 2.63. The fourth-order valence-electron chi connectivity index (χ4n) is 2.54. The van der Waals surface area contributed by atoms with Crippen molar-refractivity contribution in [3.8, 4) is 0 Å². The second-order valence-corrected chi connectivity index (χ2v) is 8.23. The first-order valence-electron chi connectivity index (χ1n) is 6.82. The van der Waals surface area contributed by atoms with Crippen LogP contribution in [0.5, 0.6) is 0 Å². The molecule has 0 heterocycles. The molecule has 0 spiro atoms. The Morgan fingerprint density at radius 3 is 1.35 bits per heavy atom. The van der Waals surface area contributed by atoms with Crippen LogP contribution < -0.4 is 11.5 Å². The van der Waals surface area contributed by atoms with E-state index in [2.05, 4.69) is 33.4 Å². The van der Waals surface area contributed by atoms with E-state index in [-0.39, 0.29) is 23.2 Å². The van der Waals surface area contributed by atoms with Crippen LogP contribution in [0.2, 0.25) is 0 Å². The zero-order valence-electron chi connectivity index (χ0n) is 14.5. The minimum atomic E-state index is -1.08. The number of carbonyl (C=O) groups is 1. The number of quaternary nitrogens is 1. The molecule has 0 amide bonds. The molecule has 1 atom stereocenters. The lowest BCUT2D eigenvalue weighted by molar-refractivity contribution is -0.493. The highest BCUT2D eigenvalue weighted by Crippen LogP contribution is 2.58. The minimum Gasteiger partial charge on any atom is -0.477 e. The summed E-state index contributed by atoms with van der Waals surface area (Å²) in [5, 5.41) is 9.51. The van der Waals surface area contributed by atoms with Gasteiger partial charge < -0.3 is 16.6 Å². The SMILES string of the molecule is CC(C)(N)C(C)(C)C(C)(C)C(C)(C)C(C)([NH3+])C(=O)O.Cl. The van der Waals surface area contributed by atoms with Gasteiger partial charge in [0.1, 0.15) is 0 Å². The van der Waals surface area contributed by atoms with Gasteiger partial charge in [0.15, 0.2) is 5.54 Å². The molecule has 20 heavy (non-hydrogen) atoms. The highest BCUT2D eigenvalue weighted by atomic mass is 35.5. The Hall–Kier alpha value is -0.320. The van der Waals surface area contributed by atoms with E-state index in [1.807, 2.05) is 27.7 Å². The molecule has 4 nitrogen and oxygen atoms in total. The highest BCUT2D eigenvalue weighted by molar-refractivity contribution is 5.85. The largest absolute Gasteiger partial charge is 0.477 e. The van der Waals surface area contributed by atoms with Crippen molar-refractivity contribution in [2.75, 3.05) is 0 Å². The zero-order chi connectivity index (χ0) is 16.1. The summed E-state index contributed by atoms with van der Waals surface area (Å²) in [5.74, 6) is -0.879. The molecule has 0 rings (SSSR count). The Kier molecular flexibility index (Phi) is 6.01. The molecule has 0 aromatic heterocycles. The fourth-order valence-corrected chi connectivity index (χ4v) is 2.54. The maximum atomic E-state index is 11.6. The smallest absolute Gasteiger partial charge is 0.365 e. The molecule has 0 aliphatic rings. The Labute approximate surface area is 130 Å². The van der Waals surface area contributed by atoms with Gasteiger partial charge in [0, 0.05) is 17.9 Å². The molecular weight excluding hydrogens is 276 g/mol. The Morgan fingerprint density at radius 1 is 0.850 bits per heavy atom. The van der Waals surface area contributed by atoms with Crippen LogP contribution in [0.4, 0.5) is 0 Å². The molecule has 0 bridgehead atoms. The normalized spacial score (nSPS) is 17.1. The van der Waals surface area contributed by atoms with Crippen LogP contribution in [0.3, 0.4) is 0 Å². The van der Waals surface area contributed by atoms with Gasteiger partial charge in [-0.15, -0.1) is 12.4 Å². The first-order valence-corrected chi connectivity index (χ1v) is 6.82. The average molecular weight is 310 g/mol. The lowest BCUT2D eigenvalue weighted by atomic mass is 9.45. The van der Waals surface area contributed by atoms with Crippen LogP contribution in [0.15, 0.2) is 0 Å². The third-order valence-corrected chi connectivity index (χ3v) is 6.59. The number of hydrogen-bond donors (Lipinski definition) is 3. The van der Waals surface area contributed by atoms with Gasteiger partial charge in [0.05, 0.1) is 0 Å². The van der Waals surface area contributed by atoms with Crippen molar-refractivity contribution in [2.45, 2.75) is 73.4 Å². The van der Waals surface area contributed by atoms with E-state index in [9.17, 15) is 9.90 Å². The van der Waals surface area contributed by atoms with E-state index < -0.39 is 22.5 Å². The van der Waals surface area contributed by atoms with E-state index >= 15 is 0 Å². The van der Waals surface area contributed by atoms with Gasteiger partial charge in [-0.1, -0.05) is 41.5 Å². The third-order valence-electron chi connectivity index (χ3n) is 6.59. The molecule has 0 fully saturated rings. The number of nitrogens with two attached hydrogens (primary N) is 1. The standard InChI is InChI=1S/C15H32N2O2.ClH/c1-11(2,12(3,4)14(7,8)16)13(5,6)15(9,17)10(18)19;/h16-17H2,1-9H3,(H,18,19);1H/p+1. The second kappa shape index (κ2) is 5.47. The molecule has 0 aliphatic carbocycles. The molecular formula is C15H34ClN2O2+. The van der Waals surface area contributed by atoms with E-state index in [1.54, 1.807) is 6.92 Å². The molecule has 0 radical (unpaired) electrons. The van der Waals surface area contributed by atoms with Gasteiger partial charge in [0.25, 0.3) is 0 Å². The lowest BCUT2D eigenvalue weighted by Gasteiger charge is -2.59. The van der Waals surface area contributed by atoms with E-state index in [4.69, 9.17) is 5.73 Å². The topological polar surface area (TPSA) is 91.0 Å². The molecule has 1 unspecified atom stereocenters. The van der Waals surface area contributed by atoms with E-state index in [0.717, 1.165) is 0 Å². The van der Waals surface area contributed by atoms with Crippen molar-refractivity contribution < 1.29 is 15.6 Å². The third kappa shape index (κ3) is 2.83. The van der Waals surface area contributed by atoms with E-state index in [0.29, 0.717) is 0 Å². The molecule has 0 saturated heterocycles. The van der Waals surface area contributed by atoms with Crippen molar-refractivity contribution in [1.82, 2.24) is 0 Å². The number of carboxylic acid groups (broad SMARTS) is 1. The predicted octanol–water partition coefficient (Wildman–Crippen LogP) is 2.31. The number of hydrogen-bond acceptors (Lipinski definition) is 2. The van der Waals surface area contributed by atoms with Crippen molar-refractivity contribution >= 4 is 18.4 Å². The monoisotopic (exact) mass is 309 g/mol. The quantitative estimate of drug-likeness (QED) is 0.727. The minimum absolute atomic E-state index is 0. The summed E-state index contributed by atoms with van der Waals surface area (Å²) in [7, 11) is 0. The predicted molar refractivity (Wildman–Crippen MR) is 85.8 cm³/mol. The van der Waals surface area contributed by atoms with Gasteiger partial charge in [-0.05, 0) is 24.7 Å². The van der Waals surface area contributed by atoms with Crippen molar-refractivity contribution in [3.05, 3.63) is 0 Å². The second-order valence-electron chi connectivity index (χ2n) is 8.23. The van der Waals surface area contributed by atoms with Crippen LogP contribution >= 0.6 is 12.4 Å². The van der Waals surface area contributed by atoms with Gasteiger partial charge in [-0.3, -0.25) is 0 Å². The fraction of sp³-hybridized carbons (Fsp3) is 0.933. The Bertz CT molecular complexity index is 367. The summed E-state index contributed by atoms with van der Waals surface area (Å²) >= 11 is 0. The Balaban J connectivity index is 0. The summed E-state index contributed by atoms with van der Waals surface area (Å²) in [6, 6.07) is 0. The molecule has 122 valence electrons. The van der Waals surface area contributed by atoms with Crippen LogP contribution in [-0.2, 0) is 4.79 Å². The summed E-state index contributed by atoms with van der Waals surface area (Å²) < 4.78 is 0. The summed E-state index contributed by atoms with van der Waals surface area (Å²) in [6.07, 6.45) is 0. The van der Waals surface area contributed by atoms with E-state index in [1.165, 1.54) is 0 Å². The maximum absolute atomic E-state index is 11.6. The average Bonchev–Trinajstić information content (AvgIpc) is 2.14. The molecule has 5 heteroatoms. The van der Waals surface area contributed by atoms with Crippen LogP contribution in [-0.4, -0.2) is 22.2 Å². The van der Waals surface area contributed by atoms with Crippen LogP contribution in [0.25, 0.3) is 0 Å². The lowest BCUT2D eigenvalue weighted by Crippen LogP contribution is -2.84. The maximum Gasteiger partial charge on any atom is 0.365 e. The zero-order valence-corrected chi connectivity index (χ0v) is 15.4. The van der Waals surface area contributed by atoms with Gasteiger partial charge >= 0.3 is 5.97 Å². The summed E-state index contributed by atoms with van der Waals surface area (Å²) in [4.78, 5) is 11.6. The molecule has 0 aromatic carbocycles. The van der Waals surface area contributed by atoms with Crippen molar-refractivity contribution in [1.29, 1.82) is 0 Å². The van der Waals surface area contributed by atoms with Gasteiger partial charge in [0.2, 0.25) is 0 Å². The Morgan fingerprint density at radius 2 is 1.15 bits per heavy atom. The van der Waals surface area contributed by atoms with Gasteiger partial charge in [-0.2, -0.15) is 0 Å². The van der Waals surface area contributed by atoms with Crippen molar-refractivity contribution in [2.24, 2.45) is 22.0 Å². The molecule has 0 saturated carbocycles. The number of carboxylic acids is 1. The molecule has 0 aromatic rings. The van der Waals surface area contributed by atoms with Crippen LogP contribution in [0.1, 0.15) is 62.3 Å². The number of rotatable bonds is 5. The molecule has 0 aliphatic heterocycles. The summed E-state index contributed by atoms with van der Waals surface area (Å²) in [5.41, 5.74) is 7.67. The first kappa shape index (κ1) is 22.0. The molecule has 6 N–H and O–H groups in total.